The molecule has 0 aromatic heterocycles. The Morgan fingerprint density at radius 1 is 1.50 bits per heavy atom. The van der Waals surface area contributed by atoms with Gasteiger partial charge in [-0.2, -0.15) is 4.99 Å². The van der Waals surface area contributed by atoms with Crippen molar-refractivity contribution >= 4 is 29.7 Å². The summed E-state index contributed by atoms with van der Waals surface area (Å²) in [4.78, 5) is 23.2. The van der Waals surface area contributed by atoms with Crippen molar-refractivity contribution in [3.05, 3.63) is 35.3 Å². The summed E-state index contributed by atoms with van der Waals surface area (Å²) in [6.07, 6.45) is 2.56. The third-order valence-corrected chi connectivity index (χ3v) is 1.81. The molecule has 0 heterocycles. The van der Waals surface area contributed by atoms with E-state index in [9.17, 15) is 14.0 Å². The second-order valence-corrected chi connectivity index (χ2v) is 2.97. The van der Waals surface area contributed by atoms with Crippen molar-refractivity contribution < 1.29 is 18.7 Å². The van der Waals surface area contributed by atoms with Gasteiger partial charge in [0.2, 0.25) is 6.08 Å². The zero-order valence-corrected chi connectivity index (χ0v) is 8.55. The quantitative estimate of drug-likeness (QED) is 0.352. The Balaban J connectivity index is 3.18. The number of aliphatic imine (C=N–C) groups is 1. The van der Waals surface area contributed by atoms with E-state index in [2.05, 4.69) is 11.6 Å². The average Bonchev–Trinajstić information content (AvgIpc) is 2.25. The molecule has 0 aliphatic rings. The Hall–Kier alpha value is -1.97. The van der Waals surface area contributed by atoms with Crippen LogP contribution in [0.15, 0.2) is 29.5 Å². The molecule has 0 fully saturated rings. The number of allylic oxidation sites excluding steroid dienone is 1. The highest BCUT2D eigenvalue weighted by Gasteiger charge is 2.10. The van der Waals surface area contributed by atoms with Crippen LogP contribution in [0.2, 0.25) is 5.02 Å². The highest BCUT2D eigenvalue weighted by molar-refractivity contribution is 6.32. The fraction of sp³-hybridized carbons (Fsp3) is 0. The Morgan fingerprint density at radius 2 is 2.19 bits per heavy atom. The van der Waals surface area contributed by atoms with Crippen LogP contribution in [0.4, 0.5) is 10.1 Å². The van der Waals surface area contributed by atoms with Gasteiger partial charge in [-0.1, -0.05) is 18.2 Å². The number of carbonyl (C=O) groups excluding carboxylic acids is 2. The topological polar surface area (TPSA) is 55.7 Å². The summed E-state index contributed by atoms with van der Waals surface area (Å²) in [7, 11) is 0. The minimum absolute atomic E-state index is 0.0505. The van der Waals surface area contributed by atoms with E-state index >= 15 is 0 Å². The molecule has 0 saturated carbocycles. The molecule has 0 spiro atoms. The van der Waals surface area contributed by atoms with E-state index in [4.69, 9.17) is 16.3 Å². The molecule has 0 unspecified atom stereocenters. The maximum Gasteiger partial charge on any atom is 0.271 e. The molecule has 81 valence electrons. The molecule has 1 aromatic carbocycles. The van der Waals surface area contributed by atoms with Gasteiger partial charge in [-0.25, -0.2) is 9.18 Å². The highest BCUT2D eigenvalue weighted by atomic mass is 35.5. The van der Waals surface area contributed by atoms with Gasteiger partial charge in [0.1, 0.15) is 11.4 Å². The van der Waals surface area contributed by atoms with Crippen molar-refractivity contribution in [2.45, 2.75) is 0 Å². The predicted octanol–water partition coefficient (Wildman–Crippen LogP) is 2.45. The van der Waals surface area contributed by atoms with Crippen LogP contribution >= 0.6 is 11.6 Å². The van der Waals surface area contributed by atoms with E-state index in [1.54, 1.807) is 0 Å². The van der Waals surface area contributed by atoms with Crippen LogP contribution in [-0.4, -0.2) is 12.4 Å². The minimum atomic E-state index is -0.804. The van der Waals surface area contributed by atoms with Gasteiger partial charge in [0.15, 0.2) is 11.6 Å². The van der Waals surface area contributed by atoms with E-state index < -0.39 is 5.82 Å². The van der Waals surface area contributed by atoms with Gasteiger partial charge in [-0.3, -0.25) is 4.79 Å². The summed E-state index contributed by atoms with van der Waals surface area (Å²) in [6.45, 7) is 3.20. The summed E-state index contributed by atoms with van der Waals surface area (Å²) in [5, 5.41) is -0.0845. The van der Waals surface area contributed by atoms with Gasteiger partial charge in [0.25, 0.3) is 6.29 Å². The SMILES string of the molecule is C=C([C]=O)Oc1cc(N=C=O)c(F)cc1Cl. The first-order valence-electron chi connectivity index (χ1n) is 3.90. The lowest BCUT2D eigenvalue weighted by atomic mass is 10.3. The Morgan fingerprint density at radius 3 is 2.75 bits per heavy atom. The van der Waals surface area contributed by atoms with E-state index in [-0.39, 0.29) is 22.2 Å². The normalized spacial score (nSPS) is 9.12. The third-order valence-electron chi connectivity index (χ3n) is 1.51. The zero-order chi connectivity index (χ0) is 12.1. The first-order valence-corrected chi connectivity index (χ1v) is 4.28. The van der Waals surface area contributed by atoms with Gasteiger partial charge < -0.3 is 4.74 Å². The van der Waals surface area contributed by atoms with Gasteiger partial charge in [-0.05, 0) is 6.07 Å². The van der Waals surface area contributed by atoms with Crippen LogP contribution in [0.3, 0.4) is 0 Å². The molecular formula is C10H4ClFNO3. The van der Waals surface area contributed by atoms with Crippen molar-refractivity contribution in [3.8, 4) is 5.75 Å². The molecule has 0 bridgehead atoms. The summed E-state index contributed by atoms with van der Waals surface area (Å²) in [6, 6.07) is 1.94. The third kappa shape index (κ3) is 2.76. The molecule has 0 N–H and O–H groups in total. The number of rotatable bonds is 4. The standard InChI is InChI=1S/C10H4ClFNO3/c1-6(4-14)16-10-3-9(13-5-15)8(12)2-7(10)11/h2-3H,1H2. The lowest BCUT2D eigenvalue weighted by Gasteiger charge is -2.06. The number of nitrogens with zero attached hydrogens (tertiary/aromatic N) is 1. The number of halogens is 2. The molecule has 0 aliphatic carbocycles. The van der Waals surface area contributed by atoms with E-state index in [1.165, 1.54) is 12.4 Å². The minimum Gasteiger partial charge on any atom is -0.452 e. The van der Waals surface area contributed by atoms with Gasteiger partial charge in [0, 0.05) is 6.07 Å². The zero-order valence-electron chi connectivity index (χ0n) is 7.79. The van der Waals surface area contributed by atoms with Crippen LogP contribution < -0.4 is 4.74 Å². The average molecular weight is 241 g/mol. The fourth-order valence-electron chi connectivity index (χ4n) is 0.885. The molecule has 0 atom stereocenters. The van der Waals surface area contributed by atoms with Crippen LogP contribution in [0.5, 0.6) is 5.75 Å². The summed E-state index contributed by atoms with van der Waals surface area (Å²) in [5.41, 5.74) is -0.298. The van der Waals surface area contributed by atoms with Gasteiger partial charge in [0.05, 0.1) is 5.02 Å². The smallest absolute Gasteiger partial charge is 0.271 e. The van der Waals surface area contributed by atoms with Crippen molar-refractivity contribution in [2.24, 2.45) is 4.99 Å². The Bertz CT molecular complexity index is 495. The van der Waals surface area contributed by atoms with Crippen LogP contribution in [0.25, 0.3) is 0 Å². The highest BCUT2D eigenvalue weighted by Crippen LogP contribution is 2.32. The van der Waals surface area contributed by atoms with E-state index in [0.717, 1.165) is 12.1 Å². The monoisotopic (exact) mass is 240 g/mol. The number of ether oxygens (including phenoxy) is 1. The van der Waals surface area contributed by atoms with Gasteiger partial charge in [-0.15, -0.1) is 0 Å². The second-order valence-electron chi connectivity index (χ2n) is 2.56. The molecule has 16 heavy (non-hydrogen) atoms. The maximum absolute atomic E-state index is 13.1. The summed E-state index contributed by atoms with van der Waals surface area (Å²) >= 11 is 5.63. The molecule has 6 heteroatoms. The molecule has 1 rings (SSSR count). The molecule has 0 amide bonds. The maximum atomic E-state index is 13.1. The Labute approximate surface area is 95.0 Å². The summed E-state index contributed by atoms with van der Waals surface area (Å²) < 4.78 is 18.0. The molecular weight excluding hydrogens is 237 g/mol. The number of benzene rings is 1. The van der Waals surface area contributed by atoms with Crippen LogP contribution in [-0.2, 0) is 9.59 Å². The first-order chi connectivity index (χ1) is 7.58. The molecule has 1 aromatic rings. The molecule has 1 radical (unpaired) electrons. The number of hydrogen-bond acceptors (Lipinski definition) is 4. The Kier molecular flexibility index (Phi) is 3.94. The van der Waals surface area contributed by atoms with E-state index in [0.29, 0.717) is 0 Å². The molecule has 0 saturated heterocycles. The predicted molar refractivity (Wildman–Crippen MR) is 54.7 cm³/mol. The van der Waals surface area contributed by atoms with Gasteiger partial charge >= 0.3 is 0 Å². The lowest BCUT2D eigenvalue weighted by molar-refractivity contribution is 0.440. The summed E-state index contributed by atoms with van der Waals surface area (Å²) in [5.74, 6) is -1.18. The van der Waals surface area contributed by atoms with Crippen molar-refractivity contribution in [2.75, 3.05) is 0 Å². The van der Waals surface area contributed by atoms with Crippen molar-refractivity contribution in [3.63, 3.8) is 0 Å². The van der Waals surface area contributed by atoms with Crippen molar-refractivity contribution in [1.29, 1.82) is 0 Å². The van der Waals surface area contributed by atoms with E-state index in [1.807, 2.05) is 0 Å². The largest absolute Gasteiger partial charge is 0.452 e. The second kappa shape index (κ2) is 5.21. The molecule has 4 nitrogen and oxygen atoms in total. The fourth-order valence-corrected chi connectivity index (χ4v) is 1.07. The van der Waals surface area contributed by atoms with Crippen molar-refractivity contribution in [1.82, 2.24) is 0 Å². The molecule has 0 aliphatic heterocycles. The number of isocyanates is 1. The van der Waals surface area contributed by atoms with Crippen LogP contribution in [0.1, 0.15) is 0 Å². The lowest BCUT2D eigenvalue weighted by Crippen LogP contribution is -1.95. The first kappa shape index (κ1) is 12.1. The van der Waals surface area contributed by atoms with Crippen LogP contribution in [0, 0.1) is 5.82 Å². The number of hydrogen-bond donors (Lipinski definition) is 0.